The number of fused-ring (bicyclic) bond motifs is 1. The number of pyridine rings is 1. The zero-order chi connectivity index (χ0) is 23.7. The second-order valence-corrected chi connectivity index (χ2v) is 8.34. The lowest BCUT2D eigenvalue weighted by atomic mass is 10.1. The van der Waals surface area contributed by atoms with Crippen LogP contribution in [0, 0.1) is 5.82 Å². The van der Waals surface area contributed by atoms with Crippen LogP contribution in [0.3, 0.4) is 0 Å². The largest absolute Gasteiger partial charge is 0.508 e. The van der Waals surface area contributed by atoms with Crippen molar-refractivity contribution < 1.29 is 14.3 Å². The van der Waals surface area contributed by atoms with Crippen LogP contribution >= 0.6 is 11.6 Å². The predicted molar refractivity (Wildman–Crippen MR) is 130 cm³/mol. The molecule has 4 aromatic rings. The lowest BCUT2D eigenvalue weighted by Crippen LogP contribution is -2.48. The van der Waals surface area contributed by atoms with Crippen molar-refractivity contribution in [2.75, 3.05) is 26.2 Å². The van der Waals surface area contributed by atoms with E-state index in [1.165, 1.54) is 16.8 Å². The Morgan fingerprint density at radius 2 is 1.82 bits per heavy atom. The number of nitrogens with zero attached hydrogens (tertiary/aromatic N) is 4. The summed E-state index contributed by atoms with van der Waals surface area (Å²) >= 11 is 6.16. The van der Waals surface area contributed by atoms with Gasteiger partial charge in [0, 0.05) is 37.1 Å². The SMILES string of the molecule is O=C(N1CCNCC1)n1nc(/C=C/c2ccc(F)cc2Cl)c2ccc(-c3ccc(O)cc3)nc21. The first-order valence-electron chi connectivity index (χ1n) is 10.8. The molecule has 1 fully saturated rings. The van der Waals surface area contributed by atoms with Gasteiger partial charge in [-0.15, -0.1) is 0 Å². The molecule has 3 heterocycles. The molecule has 1 saturated heterocycles. The van der Waals surface area contributed by atoms with Crippen molar-refractivity contribution in [3.05, 3.63) is 76.7 Å². The molecule has 5 rings (SSSR count). The first-order valence-corrected chi connectivity index (χ1v) is 11.2. The van der Waals surface area contributed by atoms with Gasteiger partial charge in [-0.2, -0.15) is 9.78 Å². The molecule has 172 valence electrons. The van der Waals surface area contributed by atoms with Crippen LogP contribution in [-0.2, 0) is 0 Å². The zero-order valence-electron chi connectivity index (χ0n) is 18.1. The molecule has 0 atom stereocenters. The summed E-state index contributed by atoms with van der Waals surface area (Å²) in [4.78, 5) is 19.8. The Kier molecular flexibility index (Phi) is 6.00. The van der Waals surface area contributed by atoms with Gasteiger partial charge in [-0.1, -0.05) is 23.7 Å². The Balaban J connectivity index is 1.60. The maximum atomic E-state index is 13.4. The molecule has 2 aromatic heterocycles. The van der Waals surface area contributed by atoms with Gasteiger partial charge < -0.3 is 15.3 Å². The Labute approximate surface area is 200 Å². The van der Waals surface area contributed by atoms with Crippen LogP contribution in [0.2, 0.25) is 5.02 Å². The fraction of sp³-hybridized carbons (Fsp3) is 0.160. The highest BCUT2D eigenvalue weighted by atomic mass is 35.5. The highest BCUT2D eigenvalue weighted by Crippen LogP contribution is 2.27. The molecule has 2 N–H and O–H groups in total. The molecule has 0 spiro atoms. The van der Waals surface area contributed by atoms with Crippen molar-refractivity contribution >= 4 is 40.8 Å². The third kappa shape index (κ3) is 4.37. The molecule has 0 aliphatic carbocycles. The maximum Gasteiger partial charge on any atom is 0.346 e. The summed E-state index contributed by atoms with van der Waals surface area (Å²) in [6.45, 7) is 2.59. The zero-order valence-corrected chi connectivity index (χ0v) is 18.8. The van der Waals surface area contributed by atoms with Crippen LogP contribution in [0.15, 0.2) is 54.6 Å². The maximum absolute atomic E-state index is 13.4. The summed E-state index contributed by atoms with van der Waals surface area (Å²) in [5.41, 5.74) is 3.06. The lowest BCUT2D eigenvalue weighted by Gasteiger charge is -2.26. The third-order valence-corrected chi connectivity index (χ3v) is 6.00. The number of halogens is 2. The number of carbonyl (C=O) groups is 1. The van der Waals surface area contributed by atoms with E-state index in [2.05, 4.69) is 10.4 Å². The first kappa shape index (κ1) is 22.1. The van der Waals surface area contributed by atoms with Gasteiger partial charge in [-0.3, -0.25) is 0 Å². The number of aromatic hydroxyl groups is 1. The molecule has 34 heavy (non-hydrogen) atoms. The van der Waals surface area contributed by atoms with Crippen LogP contribution in [0.25, 0.3) is 34.4 Å². The van der Waals surface area contributed by atoms with Crippen LogP contribution < -0.4 is 5.32 Å². The minimum Gasteiger partial charge on any atom is -0.508 e. The van der Waals surface area contributed by atoms with Crippen LogP contribution in [0.1, 0.15) is 11.3 Å². The number of hydrogen-bond acceptors (Lipinski definition) is 5. The van der Waals surface area contributed by atoms with Crippen molar-refractivity contribution in [3.8, 4) is 17.0 Å². The van der Waals surface area contributed by atoms with Gasteiger partial charge in [0.15, 0.2) is 5.65 Å². The smallest absolute Gasteiger partial charge is 0.346 e. The van der Waals surface area contributed by atoms with E-state index >= 15 is 0 Å². The Bertz CT molecular complexity index is 1390. The lowest BCUT2D eigenvalue weighted by molar-refractivity contribution is 0.189. The van der Waals surface area contributed by atoms with E-state index in [0.717, 1.165) is 5.56 Å². The van der Waals surface area contributed by atoms with Crippen molar-refractivity contribution in [1.82, 2.24) is 25.0 Å². The number of aromatic nitrogens is 3. The molecule has 9 heteroatoms. The predicted octanol–water partition coefficient (Wildman–Crippen LogP) is 4.64. The van der Waals surface area contributed by atoms with Gasteiger partial charge in [0.2, 0.25) is 0 Å². The number of benzene rings is 2. The van der Waals surface area contributed by atoms with E-state index < -0.39 is 5.82 Å². The summed E-state index contributed by atoms with van der Waals surface area (Å²) in [7, 11) is 0. The van der Waals surface area contributed by atoms with E-state index in [-0.39, 0.29) is 16.8 Å². The van der Waals surface area contributed by atoms with Crippen molar-refractivity contribution in [3.63, 3.8) is 0 Å². The summed E-state index contributed by atoms with van der Waals surface area (Å²) < 4.78 is 14.7. The van der Waals surface area contributed by atoms with Crippen LogP contribution in [-0.4, -0.2) is 57.0 Å². The van der Waals surface area contributed by atoms with Gasteiger partial charge in [0.05, 0.1) is 16.4 Å². The number of phenols is 1. The summed E-state index contributed by atoms with van der Waals surface area (Å²) in [5, 5.41) is 18.4. The fourth-order valence-corrected chi connectivity index (χ4v) is 4.09. The molecule has 0 unspecified atom stereocenters. The standard InChI is InChI=1S/C25H21ClFN5O2/c26-21-15-18(27)5-1-16(21)4-9-23-20-8-10-22(17-2-6-19(33)7-3-17)29-24(20)32(30-23)25(34)31-13-11-28-12-14-31/h1-10,15,28,33H,11-14H2/b9-4+. The molecule has 1 aliphatic heterocycles. The van der Waals surface area contributed by atoms with E-state index in [4.69, 9.17) is 16.6 Å². The quantitative estimate of drug-likeness (QED) is 0.449. The number of piperazine rings is 1. The molecule has 1 amide bonds. The number of rotatable bonds is 3. The van der Waals surface area contributed by atoms with E-state index in [9.17, 15) is 14.3 Å². The number of phenolic OH excluding ortho intramolecular Hbond substituents is 1. The normalized spacial score (nSPS) is 14.2. The molecule has 2 aromatic carbocycles. The fourth-order valence-electron chi connectivity index (χ4n) is 3.86. The van der Waals surface area contributed by atoms with Gasteiger partial charge in [-0.05, 0) is 60.2 Å². The number of carbonyl (C=O) groups excluding carboxylic acids is 1. The molecule has 0 radical (unpaired) electrons. The average Bonchev–Trinajstić information content (AvgIpc) is 3.22. The monoisotopic (exact) mass is 477 g/mol. The second-order valence-electron chi connectivity index (χ2n) is 7.93. The molecule has 1 aliphatic rings. The highest BCUT2D eigenvalue weighted by Gasteiger charge is 2.23. The molecule has 0 saturated carbocycles. The first-order chi connectivity index (χ1) is 16.5. The van der Waals surface area contributed by atoms with Crippen molar-refractivity contribution in [2.24, 2.45) is 0 Å². The summed E-state index contributed by atoms with van der Waals surface area (Å²) in [5.74, 6) is -0.250. The van der Waals surface area contributed by atoms with Gasteiger partial charge in [0.25, 0.3) is 0 Å². The van der Waals surface area contributed by atoms with Gasteiger partial charge in [0.1, 0.15) is 11.6 Å². The van der Waals surface area contributed by atoms with Gasteiger partial charge >= 0.3 is 6.03 Å². The molecular formula is C25H21ClFN5O2. The average molecular weight is 478 g/mol. The second kappa shape index (κ2) is 9.24. The summed E-state index contributed by atoms with van der Waals surface area (Å²) in [6.07, 6.45) is 3.47. The minimum absolute atomic E-state index is 0.163. The summed E-state index contributed by atoms with van der Waals surface area (Å²) in [6, 6.07) is 14.3. The van der Waals surface area contributed by atoms with Crippen LogP contribution in [0.4, 0.5) is 9.18 Å². The van der Waals surface area contributed by atoms with E-state index in [0.29, 0.717) is 54.2 Å². The Hall–Kier alpha value is -3.75. The highest BCUT2D eigenvalue weighted by molar-refractivity contribution is 6.32. The number of nitrogens with one attached hydrogen (secondary N) is 1. The Morgan fingerprint density at radius 3 is 2.56 bits per heavy atom. The number of hydrogen-bond donors (Lipinski definition) is 2. The van der Waals surface area contributed by atoms with Crippen LogP contribution in [0.5, 0.6) is 5.75 Å². The van der Waals surface area contributed by atoms with Crippen molar-refractivity contribution in [2.45, 2.75) is 0 Å². The third-order valence-electron chi connectivity index (χ3n) is 5.67. The molecule has 0 bridgehead atoms. The molecular weight excluding hydrogens is 457 g/mol. The minimum atomic E-state index is -0.413. The molecule has 7 nitrogen and oxygen atoms in total. The van der Waals surface area contributed by atoms with E-state index in [1.54, 1.807) is 47.4 Å². The Morgan fingerprint density at radius 1 is 1.06 bits per heavy atom. The van der Waals surface area contributed by atoms with Crippen molar-refractivity contribution in [1.29, 1.82) is 0 Å². The van der Waals surface area contributed by atoms with Gasteiger partial charge in [-0.25, -0.2) is 14.2 Å². The van der Waals surface area contributed by atoms with E-state index in [1.807, 2.05) is 12.1 Å². The topological polar surface area (TPSA) is 83.3 Å². The number of amides is 1.